The van der Waals surface area contributed by atoms with E-state index in [1.54, 1.807) is 0 Å². The first-order valence-electron chi connectivity index (χ1n) is 9.07. The van der Waals surface area contributed by atoms with Crippen LogP contribution in [0.25, 0.3) is 0 Å². The van der Waals surface area contributed by atoms with Crippen LogP contribution in [-0.4, -0.2) is 53.1 Å². The van der Waals surface area contributed by atoms with Crippen molar-refractivity contribution in [1.29, 1.82) is 0 Å². The van der Waals surface area contributed by atoms with Crippen LogP contribution in [0.2, 0.25) is 0 Å². The number of likely N-dealkylation sites (tertiary alicyclic amines) is 1. The van der Waals surface area contributed by atoms with Gasteiger partial charge in [-0.15, -0.1) is 0 Å². The third kappa shape index (κ3) is 4.66. The molecule has 2 heterocycles. The minimum atomic E-state index is -0.156. The summed E-state index contributed by atoms with van der Waals surface area (Å²) in [5.41, 5.74) is 1.45. The Morgan fingerprint density at radius 2 is 1.92 bits per heavy atom. The lowest BCUT2D eigenvalue weighted by molar-refractivity contribution is -0.132. The van der Waals surface area contributed by atoms with E-state index in [-0.39, 0.29) is 11.8 Å². The zero-order chi connectivity index (χ0) is 17.6. The molecule has 3 rings (SSSR count). The van der Waals surface area contributed by atoms with Crippen LogP contribution in [0.15, 0.2) is 35.4 Å². The molecule has 2 amide bonds. The topological polar surface area (TPSA) is 65.0 Å². The summed E-state index contributed by atoms with van der Waals surface area (Å²) in [4.78, 5) is 26.9. The van der Waals surface area contributed by atoms with Crippen molar-refractivity contribution in [2.24, 2.45) is 5.10 Å². The summed E-state index contributed by atoms with van der Waals surface area (Å²) in [5, 5.41) is 8.70. The average molecular weight is 342 g/mol. The Kier molecular flexibility index (Phi) is 5.81. The van der Waals surface area contributed by atoms with E-state index in [9.17, 15) is 9.59 Å². The van der Waals surface area contributed by atoms with E-state index >= 15 is 0 Å². The van der Waals surface area contributed by atoms with Crippen molar-refractivity contribution in [3.05, 3.63) is 35.9 Å². The highest BCUT2D eigenvalue weighted by Gasteiger charge is 2.25. The smallest absolute Gasteiger partial charge is 0.267 e. The highest BCUT2D eigenvalue weighted by Crippen LogP contribution is 2.14. The van der Waals surface area contributed by atoms with Crippen LogP contribution in [0.3, 0.4) is 0 Å². The van der Waals surface area contributed by atoms with Gasteiger partial charge in [-0.3, -0.25) is 14.5 Å². The summed E-state index contributed by atoms with van der Waals surface area (Å²) in [7, 11) is 0. The summed E-state index contributed by atoms with van der Waals surface area (Å²) in [5.74, 6) is -0.192. The molecule has 6 nitrogen and oxygen atoms in total. The molecule has 1 aromatic rings. The Bertz CT molecular complexity index is 638. The SMILES string of the molecule is C[C@@H](CNC(=O)C1=NN(Cc2ccccc2)C(=O)CC1)N1CCCC1. The van der Waals surface area contributed by atoms with Crippen molar-refractivity contribution in [1.82, 2.24) is 15.2 Å². The number of hydrazone groups is 1. The molecule has 1 atom stereocenters. The van der Waals surface area contributed by atoms with E-state index in [0.717, 1.165) is 18.7 Å². The third-order valence-electron chi connectivity index (χ3n) is 4.86. The highest BCUT2D eigenvalue weighted by atomic mass is 16.2. The summed E-state index contributed by atoms with van der Waals surface area (Å²) >= 11 is 0. The summed E-state index contributed by atoms with van der Waals surface area (Å²) < 4.78 is 0. The van der Waals surface area contributed by atoms with E-state index in [2.05, 4.69) is 22.2 Å². The van der Waals surface area contributed by atoms with Crippen molar-refractivity contribution in [2.45, 2.75) is 45.2 Å². The van der Waals surface area contributed by atoms with E-state index < -0.39 is 0 Å². The second-order valence-electron chi connectivity index (χ2n) is 6.79. The molecule has 2 aliphatic heterocycles. The normalized spacial score (nSPS) is 19.6. The summed E-state index contributed by atoms with van der Waals surface area (Å²) in [6, 6.07) is 10.0. The standard InChI is InChI=1S/C19H26N4O2/c1-15(22-11-5-6-12-22)13-20-19(25)17-9-10-18(24)23(21-17)14-16-7-3-2-4-8-16/h2-4,7-8,15H,5-6,9-14H2,1H3,(H,20,25)/t15-/m0/s1. The van der Waals surface area contributed by atoms with E-state index in [4.69, 9.17) is 0 Å². The predicted octanol–water partition coefficient (Wildman–Crippen LogP) is 1.77. The van der Waals surface area contributed by atoms with Gasteiger partial charge in [0.05, 0.1) is 6.54 Å². The zero-order valence-electron chi connectivity index (χ0n) is 14.8. The van der Waals surface area contributed by atoms with Gasteiger partial charge in [0.15, 0.2) is 0 Å². The van der Waals surface area contributed by atoms with E-state index in [1.807, 2.05) is 30.3 Å². The van der Waals surface area contributed by atoms with Crippen molar-refractivity contribution in [3.63, 3.8) is 0 Å². The number of nitrogens with one attached hydrogen (secondary N) is 1. The van der Waals surface area contributed by atoms with Gasteiger partial charge in [0.25, 0.3) is 5.91 Å². The molecule has 0 saturated carbocycles. The maximum absolute atomic E-state index is 12.4. The third-order valence-corrected chi connectivity index (χ3v) is 4.86. The second kappa shape index (κ2) is 8.25. The molecular weight excluding hydrogens is 316 g/mol. The Balaban J connectivity index is 1.57. The lowest BCUT2D eigenvalue weighted by atomic mass is 10.1. The van der Waals surface area contributed by atoms with E-state index in [0.29, 0.717) is 37.7 Å². The maximum atomic E-state index is 12.4. The molecule has 0 bridgehead atoms. The fraction of sp³-hybridized carbons (Fsp3) is 0.526. The molecule has 1 aromatic carbocycles. The van der Waals surface area contributed by atoms with Gasteiger partial charge in [0.2, 0.25) is 5.91 Å². The Morgan fingerprint density at radius 3 is 2.64 bits per heavy atom. The predicted molar refractivity (Wildman–Crippen MR) is 96.9 cm³/mol. The van der Waals surface area contributed by atoms with Gasteiger partial charge in [-0.05, 0) is 38.4 Å². The van der Waals surface area contributed by atoms with Crippen LogP contribution in [0, 0.1) is 0 Å². The van der Waals surface area contributed by atoms with Crippen LogP contribution in [0.4, 0.5) is 0 Å². The van der Waals surface area contributed by atoms with Gasteiger partial charge in [-0.25, -0.2) is 5.01 Å². The van der Waals surface area contributed by atoms with Crippen molar-refractivity contribution in [2.75, 3.05) is 19.6 Å². The molecule has 134 valence electrons. The summed E-state index contributed by atoms with van der Waals surface area (Å²) in [6.45, 7) is 5.37. The van der Waals surface area contributed by atoms with Crippen LogP contribution in [0.5, 0.6) is 0 Å². The van der Waals surface area contributed by atoms with Gasteiger partial charge >= 0.3 is 0 Å². The number of benzene rings is 1. The highest BCUT2D eigenvalue weighted by molar-refractivity contribution is 6.39. The monoisotopic (exact) mass is 342 g/mol. The molecule has 0 spiro atoms. The number of rotatable bonds is 6. The molecule has 0 aromatic heterocycles. The second-order valence-corrected chi connectivity index (χ2v) is 6.79. The largest absolute Gasteiger partial charge is 0.349 e. The Labute approximate surface area is 148 Å². The molecule has 0 aliphatic carbocycles. The van der Waals surface area contributed by atoms with E-state index in [1.165, 1.54) is 17.9 Å². The lowest BCUT2D eigenvalue weighted by Gasteiger charge is -2.25. The Morgan fingerprint density at radius 1 is 1.20 bits per heavy atom. The molecule has 6 heteroatoms. The number of hydrogen-bond acceptors (Lipinski definition) is 4. The minimum Gasteiger partial charge on any atom is -0.349 e. The molecule has 0 radical (unpaired) electrons. The van der Waals surface area contributed by atoms with Gasteiger partial charge in [-0.1, -0.05) is 30.3 Å². The van der Waals surface area contributed by atoms with Gasteiger partial charge in [-0.2, -0.15) is 5.10 Å². The van der Waals surface area contributed by atoms with Crippen LogP contribution >= 0.6 is 0 Å². The molecule has 1 N–H and O–H groups in total. The summed E-state index contributed by atoms with van der Waals surface area (Å²) in [6.07, 6.45) is 3.22. The van der Waals surface area contributed by atoms with Gasteiger partial charge in [0, 0.05) is 25.4 Å². The first-order chi connectivity index (χ1) is 12.1. The van der Waals surface area contributed by atoms with Crippen molar-refractivity contribution < 1.29 is 9.59 Å². The average Bonchev–Trinajstić information content (AvgIpc) is 3.17. The molecule has 2 aliphatic rings. The number of nitrogens with zero attached hydrogens (tertiary/aromatic N) is 3. The van der Waals surface area contributed by atoms with Crippen LogP contribution in [-0.2, 0) is 16.1 Å². The van der Waals surface area contributed by atoms with Crippen LogP contribution in [0.1, 0.15) is 38.2 Å². The quantitative estimate of drug-likeness (QED) is 0.857. The van der Waals surface area contributed by atoms with Crippen molar-refractivity contribution >= 4 is 17.5 Å². The number of carbonyl (C=O) groups excluding carboxylic acids is 2. The number of amides is 2. The minimum absolute atomic E-state index is 0.0363. The first-order valence-corrected chi connectivity index (χ1v) is 9.07. The fourth-order valence-corrected chi connectivity index (χ4v) is 3.30. The van der Waals surface area contributed by atoms with Gasteiger partial charge < -0.3 is 5.32 Å². The zero-order valence-corrected chi connectivity index (χ0v) is 14.8. The number of hydrogen-bond donors (Lipinski definition) is 1. The molecule has 1 fully saturated rings. The molecule has 25 heavy (non-hydrogen) atoms. The molecule has 1 saturated heterocycles. The Hall–Kier alpha value is -2.21. The maximum Gasteiger partial charge on any atom is 0.267 e. The molecule has 0 unspecified atom stereocenters. The van der Waals surface area contributed by atoms with Crippen molar-refractivity contribution in [3.8, 4) is 0 Å². The first kappa shape index (κ1) is 17.6. The molecular formula is C19H26N4O2. The number of carbonyl (C=O) groups is 2. The fourth-order valence-electron chi connectivity index (χ4n) is 3.30. The lowest BCUT2D eigenvalue weighted by Crippen LogP contribution is -2.44. The van der Waals surface area contributed by atoms with Gasteiger partial charge in [0.1, 0.15) is 5.71 Å². The van der Waals surface area contributed by atoms with Crippen LogP contribution < -0.4 is 5.32 Å².